The first-order chi connectivity index (χ1) is 14.4. The lowest BCUT2D eigenvalue weighted by molar-refractivity contribution is -0.123. The molecule has 0 radical (unpaired) electrons. The molecule has 0 bridgehead atoms. The first-order valence-electron chi connectivity index (χ1n) is 10.2. The second-order valence-electron chi connectivity index (χ2n) is 7.73. The summed E-state index contributed by atoms with van der Waals surface area (Å²) in [6.45, 7) is 6.28. The number of para-hydroxylation sites is 1. The van der Waals surface area contributed by atoms with E-state index < -0.39 is 6.04 Å². The number of rotatable bonds is 8. The Hall–Kier alpha value is -3.41. The number of amides is 2. The number of hydrogen-bond donors (Lipinski definition) is 2. The molecule has 0 spiro atoms. The molecular formula is C24H28N4O2. The van der Waals surface area contributed by atoms with Crippen LogP contribution in [0.4, 0.5) is 0 Å². The molecule has 0 aliphatic heterocycles. The summed E-state index contributed by atoms with van der Waals surface area (Å²) in [6.07, 6.45) is 4.42. The Kier molecular flexibility index (Phi) is 7.01. The van der Waals surface area contributed by atoms with Gasteiger partial charge in [0, 0.05) is 18.3 Å². The van der Waals surface area contributed by atoms with E-state index in [1.165, 1.54) is 0 Å². The Morgan fingerprint density at radius 3 is 2.40 bits per heavy atom. The van der Waals surface area contributed by atoms with Crippen LogP contribution in [0.3, 0.4) is 0 Å². The van der Waals surface area contributed by atoms with E-state index >= 15 is 0 Å². The van der Waals surface area contributed by atoms with Gasteiger partial charge in [0.2, 0.25) is 5.91 Å². The maximum absolute atomic E-state index is 12.7. The maximum Gasteiger partial charge on any atom is 0.251 e. The average Bonchev–Trinajstić information content (AvgIpc) is 3.21. The fraction of sp³-hybridized carbons (Fsp3) is 0.292. The van der Waals surface area contributed by atoms with Crippen LogP contribution in [0, 0.1) is 12.8 Å². The summed E-state index contributed by atoms with van der Waals surface area (Å²) in [5, 5.41) is 10.2. The van der Waals surface area contributed by atoms with Gasteiger partial charge in [-0.05, 0) is 49.1 Å². The highest BCUT2D eigenvalue weighted by Gasteiger charge is 2.24. The molecule has 3 rings (SSSR count). The molecular weight excluding hydrogens is 376 g/mol. The molecule has 0 aliphatic rings. The third-order valence-electron chi connectivity index (χ3n) is 4.92. The standard InChI is InChI=1S/C24H28N4O2/c1-17(2)22(27-23(29)20-11-9-18(3)10-12-20)24(30)25-14-13-19-15-26-28(16-19)21-7-5-4-6-8-21/h4-12,15-17,22H,13-14H2,1-3H3,(H,25,30)(H,27,29). The lowest BCUT2D eigenvalue weighted by Crippen LogP contribution is -2.50. The number of benzene rings is 2. The molecule has 0 aliphatic carbocycles. The fourth-order valence-electron chi connectivity index (χ4n) is 3.12. The topological polar surface area (TPSA) is 76.0 Å². The average molecular weight is 405 g/mol. The molecule has 1 aromatic heterocycles. The van der Waals surface area contributed by atoms with Crippen molar-refractivity contribution >= 4 is 11.8 Å². The van der Waals surface area contributed by atoms with Crippen molar-refractivity contribution in [3.63, 3.8) is 0 Å². The Morgan fingerprint density at radius 2 is 1.73 bits per heavy atom. The maximum atomic E-state index is 12.7. The van der Waals surface area contributed by atoms with E-state index in [2.05, 4.69) is 15.7 Å². The summed E-state index contributed by atoms with van der Waals surface area (Å²) in [7, 11) is 0. The summed E-state index contributed by atoms with van der Waals surface area (Å²) >= 11 is 0. The summed E-state index contributed by atoms with van der Waals surface area (Å²) in [4.78, 5) is 25.2. The predicted molar refractivity (Wildman–Crippen MR) is 118 cm³/mol. The highest BCUT2D eigenvalue weighted by atomic mass is 16.2. The van der Waals surface area contributed by atoms with Crippen LogP contribution in [0.15, 0.2) is 67.0 Å². The lowest BCUT2D eigenvalue weighted by Gasteiger charge is -2.21. The van der Waals surface area contributed by atoms with E-state index in [0.717, 1.165) is 16.8 Å². The number of aryl methyl sites for hydroxylation is 1. The second kappa shape index (κ2) is 9.87. The van der Waals surface area contributed by atoms with Gasteiger partial charge in [-0.15, -0.1) is 0 Å². The van der Waals surface area contributed by atoms with Gasteiger partial charge in [0.15, 0.2) is 0 Å². The molecule has 3 aromatic rings. The predicted octanol–water partition coefficient (Wildman–Crippen LogP) is 3.29. The van der Waals surface area contributed by atoms with Crippen molar-refractivity contribution in [2.24, 2.45) is 5.92 Å². The monoisotopic (exact) mass is 404 g/mol. The molecule has 2 amide bonds. The van der Waals surface area contributed by atoms with Gasteiger partial charge >= 0.3 is 0 Å². The lowest BCUT2D eigenvalue weighted by atomic mass is 10.0. The third-order valence-corrected chi connectivity index (χ3v) is 4.92. The number of carbonyl (C=O) groups excluding carboxylic acids is 2. The van der Waals surface area contributed by atoms with Crippen molar-refractivity contribution in [2.45, 2.75) is 33.2 Å². The zero-order valence-corrected chi connectivity index (χ0v) is 17.6. The van der Waals surface area contributed by atoms with Crippen molar-refractivity contribution in [1.29, 1.82) is 0 Å². The molecule has 6 heteroatoms. The Labute approximate surface area is 177 Å². The minimum Gasteiger partial charge on any atom is -0.354 e. The van der Waals surface area contributed by atoms with Crippen molar-refractivity contribution < 1.29 is 9.59 Å². The van der Waals surface area contributed by atoms with Crippen LogP contribution in [0.1, 0.15) is 35.3 Å². The van der Waals surface area contributed by atoms with Crippen LogP contribution in [-0.4, -0.2) is 34.2 Å². The minimum absolute atomic E-state index is 0.0276. The molecule has 0 saturated carbocycles. The van der Waals surface area contributed by atoms with Gasteiger partial charge in [-0.2, -0.15) is 5.10 Å². The van der Waals surface area contributed by atoms with Gasteiger partial charge in [-0.25, -0.2) is 4.68 Å². The molecule has 6 nitrogen and oxygen atoms in total. The SMILES string of the molecule is Cc1ccc(C(=O)NC(C(=O)NCCc2cnn(-c3ccccc3)c2)C(C)C)cc1. The first kappa shape index (κ1) is 21.3. The first-order valence-corrected chi connectivity index (χ1v) is 10.2. The van der Waals surface area contributed by atoms with Crippen LogP contribution >= 0.6 is 0 Å². The number of nitrogens with zero attached hydrogens (tertiary/aromatic N) is 2. The highest BCUT2D eigenvalue weighted by molar-refractivity contribution is 5.97. The molecule has 156 valence electrons. The van der Waals surface area contributed by atoms with E-state index in [1.54, 1.807) is 18.3 Å². The van der Waals surface area contributed by atoms with Crippen molar-refractivity contribution in [2.75, 3.05) is 6.54 Å². The second-order valence-corrected chi connectivity index (χ2v) is 7.73. The van der Waals surface area contributed by atoms with E-state index in [1.807, 2.05) is 74.1 Å². The summed E-state index contributed by atoms with van der Waals surface area (Å²) < 4.78 is 1.82. The van der Waals surface area contributed by atoms with Crippen LogP contribution in [0.5, 0.6) is 0 Å². The van der Waals surface area contributed by atoms with Gasteiger partial charge in [-0.1, -0.05) is 49.7 Å². The quantitative estimate of drug-likeness (QED) is 0.605. The van der Waals surface area contributed by atoms with Crippen LogP contribution in [0.2, 0.25) is 0 Å². The van der Waals surface area contributed by atoms with Crippen LogP contribution < -0.4 is 10.6 Å². The Balaban J connectivity index is 1.53. The van der Waals surface area contributed by atoms with Crippen molar-refractivity contribution in [1.82, 2.24) is 20.4 Å². The molecule has 2 N–H and O–H groups in total. The third kappa shape index (κ3) is 5.56. The molecule has 30 heavy (non-hydrogen) atoms. The number of nitrogens with one attached hydrogen (secondary N) is 2. The van der Waals surface area contributed by atoms with Gasteiger partial charge in [-0.3, -0.25) is 9.59 Å². The summed E-state index contributed by atoms with van der Waals surface area (Å²) in [5.74, 6) is -0.450. The minimum atomic E-state index is -0.592. The van der Waals surface area contributed by atoms with Gasteiger partial charge < -0.3 is 10.6 Å². The summed E-state index contributed by atoms with van der Waals surface area (Å²) in [6, 6.07) is 16.6. The van der Waals surface area contributed by atoms with E-state index in [9.17, 15) is 9.59 Å². The fourth-order valence-corrected chi connectivity index (χ4v) is 3.12. The molecule has 2 aromatic carbocycles. The van der Waals surface area contributed by atoms with Crippen LogP contribution in [0.25, 0.3) is 5.69 Å². The Bertz CT molecular complexity index is 978. The van der Waals surface area contributed by atoms with Crippen molar-refractivity contribution in [3.05, 3.63) is 83.7 Å². The van der Waals surface area contributed by atoms with Gasteiger partial charge in [0.1, 0.15) is 6.04 Å². The molecule has 1 atom stereocenters. The number of hydrogen-bond acceptors (Lipinski definition) is 3. The molecule has 1 unspecified atom stereocenters. The van der Waals surface area contributed by atoms with Gasteiger partial charge in [0.25, 0.3) is 5.91 Å². The molecule has 1 heterocycles. The van der Waals surface area contributed by atoms with Gasteiger partial charge in [0.05, 0.1) is 11.9 Å². The number of aromatic nitrogens is 2. The molecule has 0 saturated heterocycles. The van der Waals surface area contributed by atoms with Crippen LogP contribution in [-0.2, 0) is 11.2 Å². The smallest absolute Gasteiger partial charge is 0.251 e. The normalized spacial score (nSPS) is 11.9. The number of carbonyl (C=O) groups is 2. The zero-order valence-electron chi connectivity index (χ0n) is 17.6. The van der Waals surface area contributed by atoms with E-state index in [4.69, 9.17) is 0 Å². The zero-order chi connectivity index (χ0) is 21.5. The van der Waals surface area contributed by atoms with E-state index in [-0.39, 0.29) is 17.7 Å². The molecule has 0 fully saturated rings. The van der Waals surface area contributed by atoms with Crippen molar-refractivity contribution in [3.8, 4) is 5.69 Å². The largest absolute Gasteiger partial charge is 0.354 e. The summed E-state index contributed by atoms with van der Waals surface area (Å²) in [5.41, 5.74) is 3.66. The Morgan fingerprint density at radius 1 is 1.03 bits per heavy atom. The highest BCUT2D eigenvalue weighted by Crippen LogP contribution is 2.09. The van der Waals surface area contributed by atoms with E-state index in [0.29, 0.717) is 18.5 Å².